The second-order valence-electron chi connectivity index (χ2n) is 7.44. The van der Waals surface area contributed by atoms with E-state index >= 15 is 0 Å². The normalized spacial score (nSPS) is 11.4. The van der Waals surface area contributed by atoms with E-state index in [4.69, 9.17) is 14.2 Å². The molecule has 3 aromatic rings. The van der Waals surface area contributed by atoms with Gasteiger partial charge in [-0.2, -0.15) is 5.10 Å². The Balaban J connectivity index is 1.74. The van der Waals surface area contributed by atoms with Crippen LogP contribution in [0.25, 0.3) is 0 Å². The van der Waals surface area contributed by atoms with E-state index in [2.05, 4.69) is 27.4 Å². The van der Waals surface area contributed by atoms with Crippen molar-refractivity contribution >= 4 is 17.7 Å². The maximum absolute atomic E-state index is 5.85. The lowest BCUT2D eigenvalue weighted by atomic mass is 10.2. The number of unbranched alkanes of at least 4 members (excludes halogenated alkanes) is 2. The lowest BCUT2D eigenvalue weighted by molar-refractivity contribution is 0.286. The minimum Gasteiger partial charge on any atom is -0.494 e. The number of hydrogen-bond donors (Lipinski definition) is 1. The summed E-state index contributed by atoms with van der Waals surface area (Å²) in [6.45, 7) is 5.42. The first-order valence-electron chi connectivity index (χ1n) is 11.6. The highest BCUT2D eigenvalue weighted by molar-refractivity contribution is 5.99. The fourth-order valence-corrected chi connectivity index (χ4v) is 3.14. The molecule has 0 saturated carbocycles. The van der Waals surface area contributed by atoms with Crippen LogP contribution in [0.4, 0.5) is 5.69 Å². The van der Waals surface area contributed by atoms with Crippen molar-refractivity contribution in [1.29, 1.82) is 0 Å². The quantitative estimate of drug-likeness (QED) is 0.161. The van der Waals surface area contributed by atoms with Crippen molar-refractivity contribution in [2.45, 2.75) is 33.1 Å². The van der Waals surface area contributed by atoms with Gasteiger partial charge in [-0.1, -0.05) is 25.8 Å². The Morgan fingerprint density at radius 3 is 2.53 bits per heavy atom. The van der Waals surface area contributed by atoms with E-state index in [9.17, 15) is 0 Å². The predicted molar refractivity (Wildman–Crippen MR) is 137 cm³/mol. The van der Waals surface area contributed by atoms with Gasteiger partial charge in [-0.25, -0.2) is 4.99 Å². The third-order valence-electron chi connectivity index (χ3n) is 4.87. The van der Waals surface area contributed by atoms with E-state index in [1.54, 1.807) is 19.5 Å². The van der Waals surface area contributed by atoms with E-state index < -0.39 is 0 Å². The maximum Gasteiger partial charge on any atom is 0.172 e. The summed E-state index contributed by atoms with van der Waals surface area (Å²) in [5, 5.41) is 4.39. The minimum absolute atomic E-state index is 0.531. The van der Waals surface area contributed by atoms with E-state index in [-0.39, 0.29) is 0 Å². The van der Waals surface area contributed by atoms with Gasteiger partial charge in [-0.15, -0.1) is 0 Å². The third-order valence-corrected chi connectivity index (χ3v) is 4.87. The average Bonchev–Trinajstić information content (AvgIpc) is 2.88. The first-order valence-corrected chi connectivity index (χ1v) is 11.6. The van der Waals surface area contributed by atoms with E-state index in [1.807, 2.05) is 67.6 Å². The molecule has 0 amide bonds. The Labute approximate surface area is 201 Å². The van der Waals surface area contributed by atoms with Crippen LogP contribution in [0.15, 0.2) is 77.0 Å². The summed E-state index contributed by atoms with van der Waals surface area (Å²) in [7, 11) is 1.63. The highest BCUT2D eigenvalue weighted by atomic mass is 16.5. The number of ether oxygens (including phenoxy) is 3. The number of rotatable bonds is 12. The van der Waals surface area contributed by atoms with Crippen molar-refractivity contribution in [3.63, 3.8) is 0 Å². The van der Waals surface area contributed by atoms with Gasteiger partial charge in [0.1, 0.15) is 11.4 Å². The molecule has 0 atom stereocenters. The van der Waals surface area contributed by atoms with Gasteiger partial charge in [0.15, 0.2) is 17.3 Å². The fraction of sp³-hybridized carbons (Fsp3) is 0.296. The molecule has 0 fully saturated rings. The summed E-state index contributed by atoms with van der Waals surface area (Å²) >= 11 is 0. The lowest BCUT2D eigenvalue weighted by Crippen LogP contribution is -2.20. The van der Waals surface area contributed by atoms with Crippen molar-refractivity contribution in [3.8, 4) is 17.2 Å². The van der Waals surface area contributed by atoms with E-state index in [1.165, 1.54) is 0 Å². The summed E-state index contributed by atoms with van der Waals surface area (Å²) < 4.78 is 16.9. The number of aromatic nitrogens is 1. The SMILES string of the molecule is CCCCCOc1ccc(C=NNC(=Nc2ccc(OCC)cc2)c2ccccn2)cc1OC. The molecule has 178 valence electrons. The number of nitrogens with zero attached hydrogens (tertiary/aromatic N) is 3. The number of amidine groups is 1. The van der Waals surface area contributed by atoms with Gasteiger partial charge in [0, 0.05) is 6.20 Å². The van der Waals surface area contributed by atoms with Crippen LogP contribution in [0, 0.1) is 0 Å². The number of pyridine rings is 1. The first kappa shape index (κ1) is 24.8. The molecule has 0 aliphatic heterocycles. The summed E-state index contributed by atoms with van der Waals surface area (Å²) in [5.74, 6) is 2.74. The molecular weight excluding hydrogens is 428 g/mol. The number of aliphatic imine (C=N–C) groups is 1. The smallest absolute Gasteiger partial charge is 0.172 e. The molecular formula is C27H32N4O3. The van der Waals surface area contributed by atoms with Crippen LogP contribution < -0.4 is 19.6 Å². The molecule has 0 bridgehead atoms. The van der Waals surface area contributed by atoms with Crippen molar-refractivity contribution in [2.24, 2.45) is 10.1 Å². The van der Waals surface area contributed by atoms with Crippen molar-refractivity contribution < 1.29 is 14.2 Å². The van der Waals surface area contributed by atoms with Crippen molar-refractivity contribution in [2.75, 3.05) is 20.3 Å². The Hall–Kier alpha value is -3.87. The van der Waals surface area contributed by atoms with Gasteiger partial charge in [-0.05, 0) is 73.5 Å². The molecule has 0 saturated heterocycles. The van der Waals surface area contributed by atoms with Gasteiger partial charge in [0.2, 0.25) is 0 Å². The zero-order chi connectivity index (χ0) is 24.0. The van der Waals surface area contributed by atoms with Crippen molar-refractivity contribution in [3.05, 3.63) is 78.1 Å². The molecule has 7 heteroatoms. The van der Waals surface area contributed by atoms with Gasteiger partial charge in [0.05, 0.1) is 32.2 Å². The number of nitrogens with one attached hydrogen (secondary N) is 1. The van der Waals surface area contributed by atoms with Gasteiger partial charge >= 0.3 is 0 Å². The monoisotopic (exact) mass is 460 g/mol. The van der Waals surface area contributed by atoms with Crippen LogP contribution >= 0.6 is 0 Å². The van der Waals surface area contributed by atoms with Crippen LogP contribution in [0.2, 0.25) is 0 Å². The number of hydrazone groups is 1. The zero-order valence-corrected chi connectivity index (χ0v) is 20.0. The van der Waals surface area contributed by atoms with Crippen molar-refractivity contribution in [1.82, 2.24) is 10.4 Å². The molecule has 1 N–H and O–H groups in total. The van der Waals surface area contributed by atoms with Crippen LogP contribution in [-0.4, -0.2) is 37.4 Å². The number of hydrogen-bond acceptors (Lipinski definition) is 6. The third kappa shape index (κ3) is 7.62. The van der Waals surface area contributed by atoms with Crippen LogP contribution in [-0.2, 0) is 0 Å². The molecule has 0 aliphatic carbocycles. The molecule has 0 radical (unpaired) electrons. The topological polar surface area (TPSA) is 77.3 Å². The molecule has 2 aromatic carbocycles. The summed E-state index contributed by atoms with van der Waals surface area (Å²) in [6.07, 6.45) is 6.76. The molecule has 1 heterocycles. The molecule has 34 heavy (non-hydrogen) atoms. The summed E-state index contributed by atoms with van der Waals surface area (Å²) in [4.78, 5) is 9.09. The molecule has 0 aliphatic rings. The molecule has 0 unspecified atom stereocenters. The van der Waals surface area contributed by atoms with Crippen LogP contribution in [0.3, 0.4) is 0 Å². The summed E-state index contributed by atoms with van der Waals surface area (Å²) in [5.41, 5.74) is 5.34. The minimum atomic E-state index is 0.531. The lowest BCUT2D eigenvalue weighted by Gasteiger charge is -2.11. The predicted octanol–water partition coefficient (Wildman–Crippen LogP) is 5.76. The van der Waals surface area contributed by atoms with E-state index in [0.29, 0.717) is 30.5 Å². The Bertz CT molecular complexity index is 1070. The molecule has 1 aromatic heterocycles. The van der Waals surface area contributed by atoms with Crippen LogP contribution in [0.5, 0.6) is 17.2 Å². The Kier molecular flexibility index (Phi) is 9.93. The second-order valence-corrected chi connectivity index (χ2v) is 7.44. The molecule has 0 spiro atoms. The fourth-order valence-electron chi connectivity index (χ4n) is 3.14. The van der Waals surface area contributed by atoms with Crippen LogP contribution in [0.1, 0.15) is 44.4 Å². The Morgan fingerprint density at radius 2 is 1.82 bits per heavy atom. The first-order chi connectivity index (χ1) is 16.7. The summed E-state index contributed by atoms with van der Waals surface area (Å²) in [6, 6.07) is 18.9. The number of methoxy groups -OCH3 is 1. The highest BCUT2D eigenvalue weighted by Crippen LogP contribution is 2.27. The molecule has 7 nitrogen and oxygen atoms in total. The van der Waals surface area contributed by atoms with E-state index in [0.717, 1.165) is 42.0 Å². The van der Waals surface area contributed by atoms with Gasteiger partial charge < -0.3 is 14.2 Å². The number of benzene rings is 2. The average molecular weight is 461 g/mol. The standard InChI is InChI=1S/C27H32N4O3/c1-4-6-9-18-34-25-16-11-21(19-26(25)32-3)20-29-31-27(24-10-7-8-17-28-24)30-22-12-14-23(15-13-22)33-5-2/h7-8,10-17,19-20H,4-6,9,18H2,1-3H3,(H,30,31). The Morgan fingerprint density at radius 1 is 0.971 bits per heavy atom. The maximum atomic E-state index is 5.85. The second kappa shape index (κ2) is 13.6. The largest absolute Gasteiger partial charge is 0.494 e. The molecule has 3 rings (SSSR count). The van der Waals surface area contributed by atoms with Gasteiger partial charge in [0.25, 0.3) is 0 Å². The zero-order valence-electron chi connectivity index (χ0n) is 20.0. The highest BCUT2D eigenvalue weighted by Gasteiger charge is 2.07. The van der Waals surface area contributed by atoms with Gasteiger partial charge in [-0.3, -0.25) is 10.4 Å².